The highest BCUT2D eigenvalue weighted by molar-refractivity contribution is 5.69. The van der Waals surface area contributed by atoms with Crippen molar-refractivity contribution in [3.63, 3.8) is 0 Å². The van der Waals surface area contributed by atoms with Crippen molar-refractivity contribution in [2.24, 2.45) is 0 Å². The van der Waals surface area contributed by atoms with Crippen LogP contribution < -0.4 is 4.74 Å². The summed E-state index contributed by atoms with van der Waals surface area (Å²) in [7, 11) is 0. The number of hydrogen-bond acceptors (Lipinski definition) is 12. The van der Waals surface area contributed by atoms with E-state index in [2.05, 4.69) is 38.1 Å². The molecule has 0 amide bonds. The van der Waals surface area contributed by atoms with Gasteiger partial charge in [-0.3, -0.25) is 4.79 Å². The van der Waals surface area contributed by atoms with Crippen molar-refractivity contribution in [2.75, 3.05) is 132 Å². The summed E-state index contributed by atoms with van der Waals surface area (Å²) in [4.78, 5) is 11.6. The Labute approximate surface area is 327 Å². The lowest BCUT2D eigenvalue weighted by atomic mass is 10.0. The predicted molar refractivity (Wildman–Crippen MR) is 211 cm³/mol. The van der Waals surface area contributed by atoms with E-state index >= 15 is 0 Å². The number of carbonyl (C=O) groups is 1. The molecule has 316 valence electrons. The van der Waals surface area contributed by atoms with Crippen molar-refractivity contribution >= 4 is 5.97 Å². The van der Waals surface area contributed by atoms with E-state index in [1.54, 1.807) is 0 Å². The van der Waals surface area contributed by atoms with E-state index in [1.165, 1.54) is 50.5 Å². The largest absolute Gasteiger partial charge is 0.491 e. The van der Waals surface area contributed by atoms with E-state index in [9.17, 15) is 4.79 Å². The van der Waals surface area contributed by atoms with E-state index in [1.807, 2.05) is 0 Å². The summed E-state index contributed by atoms with van der Waals surface area (Å²) in [6.45, 7) is 14.1. The molecule has 0 bridgehead atoms. The lowest BCUT2D eigenvalue weighted by Gasteiger charge is -2.09. The Morgan fingerprint density at radius 2 is 0.722 bits per heavy atom. The summed E-state index contributed by atoms with van der Waals surface area (Å²) in [5, 5.41) is 0. The Morgan fingerprint density at radius 3 is 1.13 bits per heavy atom. The summed E-state index contributed by atoms with van der Waals surface area (Å²) in [6, 6.07) is 8.45. The Bertz CT molecular complexity index is 889. The number of aryl methyl sites for hydroxylation is 1. The smallest absolute Gasteiger partial charge is 0.305 e. The van der Waals surface area contributed by atoms with Crippen molar-refractivity contribution < 1.29 is 56.9 Å². The fourth-order valence-electron chi connectivity index (χ4n) is 5.10. The first-order valence-electron chi connectivity index (χ1n) is 20.8. The lowest BCUT2D eigenvalue weighted by Crippen LogP contribution is -2.15. The zero-order chi connectivity index (χ0) is 38.7. The normalized spacial score (nSPS) is 11.4. The Kier molecular flexibility index (Phi) is 39.3. The average Bonchev–Trinajstić information content (AvgIpc) is 3.18. The van der Waals surface area contributed by atoms with E-state index in [0.29, 0.717) is 132 Å². The van der Waals surface area contributed by atoms with Crippen LogP contribution in [0.3, 0.4) is 0 Å². The van der Waals surface area contributed by atoms with Crippen LogP contribution in [0.15, 0.2) is 24.3 Å². The van der Waals surface area contributed by atoms with Crippen LogP contribution in [-0.2, 0) is 58.6 Å². The molecule has 1 aromatic carbocycles. The van der Waals surface area contributed by atoms with E-state index in [-0.39, 0.29) is 12.6 Å². The molecule has 12 heteroatoms. The van der Waals surface area contributed by atoms with Crippen LogP contribution in [0, 0.1) is 0 Å². The fourth-order valence-corrected chi connectivity index (χ4v) is 5.10. The second-order valence-corrected chi connectivity index (χ2v) is 12.9. The van der Waals surface area contributed by atoms with Gasteiger partial charge in [-0.2, -0.15) is 0 Å². The zero-order valence-corrected chi connectivity index (χ0v) is 34.0. The molecule has 0 saturated heterocycles. The van der Waals surface area contributed by atoms with Gasteiger partial charge in [0.15, 0.2) is 0 Å². The molecule has 0 radical (unpaired) electrons. The van der Waals surface area contributed by atoms with E-state index in [4.69, 9.17) is 52.1 Å². The van der Waals surface area contributed by atoms with Crippen LogP contribution in [0.1, 0.15) is 96.5 Å². The third kappa shape index (κ3) is 37.1. The number of unbranched alkanes of at least 4 members (excludes halogenated alkanes) is 9. The molecule has 0 unspecified atom stereocenters. The molecule has 0 aliphatic rings. The van der Waals surface area contributed by atoms with Crippen molar-refractivity contribution in [3.8, 4) is 5.75 Å². The topological polar surface area (TPSA) is 119 Å². The third-order valence-corrected chi connectivity index (χ3v) is 8.19. The molecular formula is C42H76O12. The average molecular weight is 773 g/mol. The maximum absolute atomic E-state index is 11.6. The number of esters is 1. The molecule has 0 heterocycles. The molecule has 1 rings (SSSR count). The van der Waals surface area contributed by atoms with Crippen molar-refractivity contribution in [2.45, 2.75) is 97.3 Å². The van der Waals surface area contributed by atoms with Crippen LogP contribution in [0.4, 0.5) is 0 Å². The molecular weight excluding hydrogens is 696 g/mol. The van der Waals surface area contributed by atoms with Gasteiger partial charge in [-0.25, -0.2) is 0 Å². The van der Waals surface area contributed by atoms with Crippen molar-refractivity contribution in [1.82, 2.24) is 0 Å². The van der Waals surface area contributed by atoms with Gasteiger partial charge in [0.1, 0.15) is 19.0 Å². The minimum absolute atomic E-state index is 0.151. The summed E-state index contributed by atoms with van der Waals surface area (Å²) < 4.78 is 60.5. The first-order valence-corrected chi connectivity index (χ1v) is 20.8. The van der Waals surface area contributed by atoms with Crippen LogP contribution >= 0.6 is 0 Å². The molecule has 1 aromatic rings. The zero-order valence-electron chi connectivity index (χ0n) is 34.0. The van der Waals surface area contributed by atoms with Crippen molar-refractivity contribution in [1.29, 1.82) is 0 Å². The van der Waals surface area contributed by atoms with Gasteiger partial charge >= 0.3 is 5.97 Å². The van der Waals surface area contributed by atoms with Crippen LogP contribution in [0.5, 0.6) is 5.75 Å². The van der Waals surface area contributed by atoms with Gasteiger partial charge in [-0.05, 0) is 37.0 Å². The monoisotopic (exact) mass is 773 g/mol. The Balaban J connectivity index is 1.69. The standard InChI is InChI=1S/C42H76O12/c1-3-5-7-9-10-11-12-14-40-16-18-41(19-17-40)53-38-36-51-34-32-49-30-28-47-26-24-45-22-20-44-21-23-46-25-27-48-29-31-50-33-35-52-37-39-54-42(43)15-13-8-6-4-2/h16-19H,3-15,20-39H2,1-2H3. The summed E-state index contributed by atoms with van der Waals surface area (Å²) in [6.07, 6.45) is 15.3. The van der Waals surface area contributed by atoms with Gasteiger partial charge in [0, 0.05) is 6.42 Å². The summed E-state index contributed by atoms with van der Waals surface area (Å²) in [5.74, 6) is 0.734. The molecule has 0 saturated carbocycles. The van der Waals surface area contributed by atoms with Gasteiger partial charge in [0.2, 0.25) is 0 Å². The second kappa shape index (κ2) is 42.3. The molecule has 0 spiro atoms. The second-order valence-electron chi connectivity index (χ2n) is 12.9. The highest BCUT2D eigenvalue weighted by Crippen LogP contribution is 2.15. The highest BCUT2D eigenvalue weighted by atomic mass is 16.6. The fraction of sp³-hybridized carbons (Fsp3) is 0.833. The molecule has 0 aliphatic heterocycles. The molecule has 0 aromatic heterocycles. The molecule has 0 aliphatic carbocycles. The molecule has 0 N–H and O–H groups in total. The summed E-state index contributed by atoms with van der Waals surface area (Å²) >= 11 is 0. The van der Waals surface area contributed by atoms with Crippen LogP contribution in [0.2, 0.25) is 0 Å². The third-order valence-electron chi connectivity index (χ3n) is 8.19. The predicted octanol–water partition coefficient (Wildman–Crippen LogP) is 7.02. The number of hydrogen-bond donors (Lipinski definition) is 0. The Hall–Kier alpha value is -1.87. The van der Waals surface area contributed by atoms with Crippen LogP contribution in [-0.4, -0.2) is 138 Å². The highest BCUT2D eigenvalue weighted by Gasteiger charge is 2.03. The molecule has 0 fully saturated rings. The minimum atomic E-state index is -0.151. The Morgan fingerprint density at radius 1 is 0.389 bits per heavy atom. The first kappa shape index (κ1) is 50.1. The van der Waals surface area contributed by atoms with Crippen molar-refractivity contribution in [3.05, 3.63) is 29.8 Å². The number of benzene rings is 1. The molecule has 12 nitrogen and oxygen atoms in total. The molecule has 54 heavy (non-hydrogen) atoms. The number of carbonyl (C=O) groups excluding carboxylic acids is 1. The first-order chi connectivity index (χ1) is 26.8. The van der Waals surface area contributed by atoms with E-state index in [0.717, 1.165) is 37.9 Å². The van der Waals surface area contributed by atoms with Gasteiger partial charge in [-0.15, -0.1) is 0 Å². The SMILES string of the molecule is CCCCCCCCCc1ccc(OCCOCCOCCOCCOCCOCCOCCOCCOCCOCCOC(=O)CCCCCC)cc1. The van der Waals surface area contributed by atoms with Crippen LogP contribution in [0.25, 0.3) is 0 Å². The molecule has 0 atom stereocenters. The quantitative estimate of drug-likeness (QED) is 0.0501. The maximum Gasteiger partial charge on any atom is 0.305 e. The minimum Gasteiger partial charge on any atom is -0.491 e. The number of rotatable bonds is 44. The lowest BCUT2D eigenvalue weighted by molar-refractivity contribution is -0.145. The van der Waals surface area contributed by atoms with Gasteiger partial charge < -0.3 is 52.1 Å². The van der Waals surface area contributed by atoms with Gasteiger partial charge in [0.05, 0.1) is 119 Å². The summed E-state index contributed by atoms with van der Waals surface area (Å²) in [5.41, 5.74) is 1.38. The van der Waals surface area contributed by atoms with E-state index < -0.39 is 0 Å². The van der Waals surface area contributed by atoms with Gasteiger partial charge in [-0.1, -0.05) is 83.8 Å². The maximum atomic E-state index is 11.6. The van der Waals surface area contributed by atoms with Gasteiger partial charge in [0.25, 0.3) is 0 Å². The number of ether oxygens (including phenoxy) is 11.